The van der Waals surface area contributed by atoms with Crippen LogP contribution >= 0.6 is 0 Å². The monoisotopic (exact) mass is 208 g/mol. The van der Waals surface area contributed by atoms with Gasteiger partial charge in [-0.25, -0.2) is 4.79 Å². The van der Waals surface area contributed by atoms with Crippen molar-refractivity contribution < 1.29 is 9.53 Å². The minimum absolute atomic E-state index is 0.405. The van der Waals surface area contributed by atoms with Crippen molar-refractivity contribution in [1.82, 2.24) is 10.6 Å². The van der Waals surface area contributed by atoms with Crippen LogP contribution in [0.15, 0.2) is 30.3 Å². The van der Waals surface area contributed by atoms with E-state index in [2.05, 4.69) is 10.6 Å². The molecule has 0 heterocycles. The lowest BCUT2D eigenvalue weighted by Gasteiger charge is -2.05. The van der Waals surface area contributed by atoms with E-state index >= 15 is 0 Å². The first-order valence-electron chi connectivity index (χ1n) is 4.98. The number of amides is 1. The summed E-state index contributed by atoms with van der Waals surface area (Å²) in [6, 6.07) is 9.01. The van der Waals surface area contributed by atoms with E-state index in [0.717, 1.165) is 13.0 Å². The minimum atomic E-state index is -0.405. The lowest BCUT2D eigenvalue weighted by molar-refractivity contribution is 0.200. The van der Waals surface area contributed by atoms with Gasteiger partial charge in [-0.15, -0.1) is 0 Å². The highest BCUT2D eigenvalue weighted by molar-refractivity contribution is 5.70. The Morgan fingerprint density at radius 3 is 2.67 bits per heavy atom. The molecule has 1 aromatic carbocycles. The number of hydrogen-bond donors (Lipinski definition) is 2. The highest BCUT2D eigenvalue weighted by Gasteiger charge is 2.01. The average Bonchev–Trinajstić information content (AvgIpc) is 2.26. The predicted molar refractivity (Wildman–Crippen MR) is 59.0 cm³/mol. The lowest BCUT2D eigenvalue weighted by Crippen LogP contribution is -2.29. The zero-order valence-electron chi connectivity index (χ0n) is 8.82. The first-order valence-corrected chi connectivity index (χ1v) is 4.98. The maximum absolute atomic E-state index is 11.2. The van der Waals surface area contributed by atoms with Crippen LogP contribution in [0.2, 0.25) is 0 Å². The van der Waals surface area contributed by atoms with Crippen molar-refractivity contribution in [2.45, 2.75) is 6.42 Å². The number of rotatable bonds is 5. The number of nitrogens with one attached hydrogen (secondary N) is 2. The summed E-state index contributed by atoms with van der Waals surface area (Å²) in [6.45, 7) is 1.50. The number of carbonyl (C=O) groups is 1. The molecule has 0 saturated carbocycles. The summed E-state index contributed by atoms with van der Waals surface area (Å²) in [4.78, 5) is 11.2. The lowest BCUT2D eigenvalue weighted by atomic mass is 10.3. The average molecular weight is 208 g/mol. The topological polar surface area (TPSA) is 50.4 Å². The fraction of sp³-hybridized carbons (Fsp3) is 0.364. The Labute approximate surface area is 89.6 Å². The van der Waals surface area contributed by atoms with Crippen LogP contribution in [0.25, 0.3) is 0 Å². The summed E-state index contributed by atoms with van der Waals surface area (Å²) >= 11 is 0. The van der Waals surface area contributed by atoms with Gasteiger partial charge >= 0.3 is 6.09 Å². The molecule has 0 aliphatic rings. The first-order chi connectivity index (χ1) is 7.33. The molecule has 0 saturated heterocycles. The number of ether oxygens (including phenoxy) is 1. The van der Waals surface area contributed by atoms with Gasteiger partial charge in [-0.05, 0) is 32.1 Å². The van der Waals surface area contributed by atoms with Gasteiger partial charge < -0.3 is 15.4 Å². The van der Waals surface area contributed by atoms with E-state index in [-0.39, 0.29) is 0 Å². The summed E-state index contributed by atoms with van der Waals surface area (Å²) in [5.41, 5.74) is 0. The molecule has 4 nitrogen and oxygen atoms in total. The van der Waals surface area contributed by atoms with E-state index in [9.17, 15) is 4.79 Å². The predicted octanol–water partition coefficient (Wildman–Crippen LogP) is 1.38. The van der Waals surface area contributed by atoms with Gasteiger partial charge in [0.1, 0.15) is 5.75 Å². The van der Waals surface area contributed by atoms with Gasteiger partial charge in [0.05, 0.1) is 0 Å². The molecule has 15 heavy (non-hydrogen) atoms. The second kappa shape index (κ2) is 6.84. The second-order valence-electron chi connectivity index (χ2n) is 3.09. The third-order valence-electron chi connectivity index (χ3n) is 1.83. The molecule has 0 spiro atoms. The minimum Gasteiger partial charge on any atom is -0.410 e. The van der Waals surface area contributed by atoms with Crippen LogP contribution in [0.1, 0.15) is 6.42 Å². The molecule has 0 bridgehead atoms. The standard InChI is InChI=1S/C11H16N2O2/c1-12-8-5-9-13-11(14)15-10-6-3-2-4-7-10/h2-4,6-7,12H,5,8-9H2,1H3,(H,13,14). The van der Waals surface area contributed by atoms with Crippen LogP contribution in [0, 0.1) is 0 Å². The van der Waals surface area contributed by atoms with Crippen LogP contribution < -0.4 is 15.4 Å². The summed E-state index contributed by atoms with van der Waals surface area (Å²) in [6.07, 6.45) is 0.484. The Morgan fingerprint density at radius 1 is 1.27 bits per heavy atom. The molecule has 1 amide bonds. The van der Waals surface area contributed by atoms with E-state index in [4.69, 9.17) is 4.74 Å². The van der Waals surface area contributed by atoms with Gasteiger partial charge in [0.2, 0.25) is 0 Å². The van der Waals surface area contributed by atoms with Gasteiger partial charge in [-0.1, -0.05) is 18.2 Å². The fourth-order valence-electron chi connectivity index (χ4n) is 1.09. The maximum Gasteiger partial charge on any atom is 0.412 e. The summed E-state index contributed by atoms with van der Waals surface area (Å²) in [7, 11) is 1.88. The molecule has 82 valence electrons. The van der Waals surface area contributed by atoms with Gasteiger partial charge in [0, 0.05) is 6.54 Å². The van der Waals surface area contributed by atoms with Crippen LogP contribution in [-0.2, 0) is 0 Å². The number of para-hydroxylation sites is 1. The van der Waals surface area contributed by atoms with E-state index in [1.807, 2.05) is 25.2 Å². The molecule has 0 atom stereocenters. The van der Waals surface area contributed by atoms with Crippen LogP contribution in [-0.4, -0.2) is 26.2 Å². The van der Waals surface area contributed by atoms with Crippen LogP contribution in [0.5, 0.6) is 5.75 Å². The van der Waals surface area contributed by atoms with Crippen molar-refractivity contribution in [3.05, 3.63) is 30.3 Å². The van der Waals surface area contributed by atoms with Gasteiger partial charge in [0.15, 0.2) is 0 Å². The molecule has 4 heteroatoms. The Bertz CT molecular complexity index is 288. The molecular formula is C11H16N2O2. The molecule has 0 radical (unpaired) electrons. The molecule has 0 unspecified atom stereocenters. The molecule has 0 aliphatic heterocycles. The highest BCUT2D eigenvalue weighted by Crippen LogP contribution is 2.07. The molecule has 0 fully saturated rings. The van der Waals surface area contributed by atoms with Crippen molar-refractivity contribution in [3.8, 4) is 5.75 Å². The number of carbonyl (C=O) groups excluding carboxylic acids is 1. The smallest absolute Gasteiger partial charge is 0.410 e. The maximum atomic E-state index is 11.2. The van der Waals surface area contributed by atoms with Crippen LogP contribution in [0.4, 0.5) is 4.79 Å². The fourth-order valence-corrected chi connectivity index (χ4v) is 1.09. The van der Waals surface area contributed by atoms with Crippen LogP contribution in [0.3, 0.4) is 0 Å². The second-order valence-corrected chi connectivity index (χ2v) is 3.09. The highest BCUT2D eigenvalue weighted by atomic mass is 16.5. The Morgan fingerprint density at radius 2 is 2.00 bits per heavy atom. The zero-order chi connectivity index (χ0) is 10.9. The van der Waals surface area contributed by atoms with Gasteiger partial charge in [-0.3, -0.25) is 0 Å². The van der Waals surface area contributed by atoms with E-state index in [1.165, 1.54) is 0 Å². The molecule has 0 aliphatic carbocycles. The van der Waals surface area contributed by atoms with Gasteiger partial charge in [0.25, 0.3) is 0 Å². The van der Waals surface area contributed by atoms with Crippen molar-refractivity contribution in [2.75, 3.05) is 20.1 Å². The number of benzene rings is 1. The Hall–Kier alpha value is -1.55. The van der Waals surface area contributed by atoms with Crippen molar-refractivity contribution >= 4 is 6.09 Å². The third-order valence-corrected chi connectivity index (χ3v) is 1.83. The Balaban J connectivity index is 2.19. The normalized spacial score (nSPS) is 9.67. The summed E-state index contributed by atoms with van der Waals surface area (Å²) in [5, 5.41) is 5.66. The van der Waals surface area contributed by atoms with E-state index < -0.39 is 6.09 Å². The van der Waals surface area contributed by atoms with E-state index in [1.54, 1.807) is 12.1 Å². The molecule has 1 aromatic rings. The molecule has 0 aromatic heterocycles. The Kier molecular flexibility index (Phi) is 5.25. The molecular weight excluding hydrogens is 192 g/mol. The third kappa shape index (κ3) is 5.02. The quantitative estimate of drug-likeness (QED) is 0.719. The largest absolute Gasteiger partial charge is 0.412 e. The van der Waals surface area contributed by atoms with Crippen molar-refractivity contribution in [3.63, 3.8) is 0 Å². The SMILES string of the molecule is CNCCCNC(=O)Oc1ccccc1. The number of hydrogen-bond acceptors (Lipinski definition) is 3. The summed E-state index contributed by atoms with van der Waals surface area (Å²) in [5.74, 6) is 0.559. The summed E-state index contributed by atoms with van der Waals surface area (Å²) < 4.78 is 5.02. The van der Waals surface area contributed by atoms with E-state index in [0.29, 0.717) is 12.3 Å². The van der Waals surface area contributed by atoms with Gasteiger partial charge in [-0.2, -0.15) is 0 Å². The molecule has 2 N–H and O–H groups in total. The van der Waals surface area contributed by atoms with Crippen molar-refractivity contribution in [2.24, 2.45) is 0 Å². The zero-order valence-corrected chi connectivity index (χ0v) is 8.82. The van der Waals surface area contributed by atoms with Crippen molar-refractivity contribution in [1.29, 1.82) is 0 Å². The molecule has 1 rings (SSSR count). The first kappa shape index (κ1) is 11.5.